The van der Waals surface area contributed by atoms with Crippen LogP contribution in [0.1, 0.15) is 24.5 Å². The van der Waals surface area contributed by atoms with Crippen LogP contribution in [0.25, 0.3) is 0 Å². The monoisotopic (exact) mass is 375 g/mol. The van der Waals surface area contributed by atoms with E-state index in [1.807, 2.05) is 0 Å². The number of phenolic OH excluding ortho intramolecular Hbond substituents is 1. The molecule has 4 rings (SSSR count). The molecule has 0 radical (unpaired) electrons. The van der Waals surface area contributed by atoms with E-state index in [1.54, 1.807) is 24.3 Å². The molecule has 2 aliphatic rings. The molecule has 0 spiro atoms. The lowest BCUT2D eigenvalue weighted by molar-refractivity contribution is 0.116. The van der Waals surface area contributed by atoms with Crippen LogP contribution in [0, 0.1) is 23.5 Å². The molecule has 0 aromatic heterocycles. The summed E-state index contributed by atoms with van der Waals surface area (Å²) in [5.41, 5.74) is 0.796. The van der Waals surface area contributed by atoms with Gasteiger partial charge >= 0.3 is 0 Å². The summed E-state index contributed by atoms with van der Waals surface area (Å²) in [6, 6.07) is 10.3. The van der Waals surface area contributed by atoms with Gasteiger partial charge in [0, 0.05) is 25.7 Å². The Bertz CT molecular complexity index is 785. The zero-order valence-electron chi connectivity index (χ0n) is 14.9. The summed E-state index contributed by atoms with van der Waals surface area (Å²) in [7, 11) is 0. The number of β-amino-alcohol motifs (C(OH)–C–C–N with tert-alkyl or cyclic N) is 1. The van der Waals surface area contributed by atoms with Crippen LogP contribution in [-0.2, 0) is 0 Å². The normalized spacial score (nSPS) is 26.1. The van der Waals surface area contributed by atoms with E-state index in [2.05, 4.69) is 4.90 Å². The lowest BCUT2D eigenvalue weighted by atomic mass is 10.0. The zero-order chi connectivity index (χ0) is 19.0. The SMILES string of the molecule is Oc1ccc(C(O)CN2C[C@H]3CC(Oc4ccc(F)c(F)c4)C[C@H]3C2)cc1. The van der Waals surface area contributed by atoms with Gasteiger partial charge in [-0.1, -0.05) is 12.1 Å². The van der Waals surface area contributed by atoms with E-state index in [0.29, 0.717) is 24.1 Å². The van der Waals surface area contributed by atoms with Crippen LogP contribution in [0.5, 0.6) is 11.5 Å². The second-order valence-corrected chi connectivity index (χ2v) is 7.63. The highest BCUT2D eigenvalue weighted by Crippen LogP contribution is 2.40. The van der Waals surface area contributed by atoms with Crippen molar-refractivity contribution in [3.63, 3.8) is 0 Å². The fourth-order valence-corrected chi connectivity index (χ4v) is 4.38. The Morgan fingerprint density at radius 1 is 1.00 bits per heavy atom. The third-order valence-electron chi connectivity index (χ3n) is 5.69. The van der Waals surface area contributed by atoms with Gasteiger partial charge in [0.2, 0.25) is 0 Å². The molecule has 2 aromatic carbocycles. The molecular weight excluding hydrogens is 352 g/mol. The van der Waals surface area contributed by atoms with Crippen LogP contribution >= 0.6 is 0 Å². The molecule has 6 heteroatoms. The maximum absolute atomic E-state index is 13.3. The minimum absolute atomic E-state index is 0.0223. The van der Waals surface area contributed by atoms with Crippen LogP contribution in [-0.4, -0.2) is 40.9 Å². The Kier molecular flexibility index (Phi) is 5.02. The molecular formula is C21H23F2NO3. The van der Waals surface area contributed by atoms with E-state index in [0.717, 1.165) is 43.6 Å². The number of aliphatic hydroxyl groups excluding tert-OH is 1. The summed E-state index contributed by atoms with van der Waals surface area (Å²) in [6.07, 6.45) is 1.21. The van der Waals surface area contributed by atoms with Crippen molar-refractivity contribution in [1.82, 2.24) is 4.90 Å². The number of benzene rings is 2. The number of rotatable bonds is 5. The molecule has 27 heavy (non-hydrogen) atoms. The Balaban J connectivity index is 1.29. The summed E-state index contributed by atoms with van der Waals surface area (Å²) in [4.78, 5) is 2.26. The van der Waals surface area contributed by atoms with E-state index in [-0.39, 0.29) is 11.9 Å². The van der Waals surface area contributed by atoms with E-state index in [4.69, 9.17) is 4.74 Å². The number of aromatic hydroxyl groups is 1. The Labute approximate surface area is 157 Å². The number of fused-ring (bicyclic) bond motifs is 1. The van der Waals surface area contributed by atoms with Gasteiger partial charge in [-0.2, -0.15) is 0 Å². The number of hydrogen-bond donors (Lipinski definition) is 2. The average Bonchev–Trinajstić information content (AvgIpc) is 3.16. The Morgan fingerprint density at radius 2 is 1.67 bits per heavy atom. The lowest BCUT2D eigenvalue weighted by Crippen LogP contribution is -2.28. The van der Waals surface area contributed by atoms with Crippen LogP contribution in [0.2, 0.25) is 0 Å². The maximum atomic E-state index is 13.3. The van der Waals surface area contributed by atoms with Crippen molar-refractivity contribution in [1.29, 1.82) is 0 Å². The number of nitrogens with zero attached hydrogens (tertiary/aromatic N) is 1. The number of ether oxygens (including phenoxy) is 1. The Morgan fingerprint density at radius 3 is 2.30 bits per heavy atom. The van der Waals surface area contributed by atoms with Crippen LogP contribution < -0.4 is 4.74 Å². The number of halogens is 2. The van der Waals surface area contributed by atoms with Crippen molar-refractivity contribution in [3.8, 4) is 11.5 Å². The van der Waals surface area contributed by atoms with Gasteiger partial charge in [0.25, 0.3) is 0 Å². The zero-order valence-corrected chi connectivity index (χ0v) is 14.9. The first-order valence-corrected chi connectivity index (χ1v) is 9.29. The van der Waals surface area contributed by atoms with E-state index in [9.17, 15) is 19.0 Å². The molecule has 0 bridgehead atoms. The molecule has 1 saturated carbocycles. The van der Waals surface area contributed by atoms with Gasteiger partial charge in [-0.15, -0.1) is 0 Å². The molecule has 2 fully saturated rings. The van der Waals surface area contributed by atoms with E-state index in [1.165, 1.54) is 6.07 Å². The minimum atomic E-state index is -0.889. The standard InChI is InChI=1S/C21H23F2NO3/c22-19-6-5-17(9-20(19)23)27-18-7-14-10-24(11-15(14)8-18)12-21(26)13-1-3-16(25)4-2-13/h1-6,9,14-15,18,21,25-26H,7-8,10-12H2/t14-,15+,18?,21?. The molecule has 2 unspecified atom stereocenters. The fourth-order valence-electron chi connectivity index (χ4n) is 4.38. The minimum Gasteiger partial charge on any atom is -0.508 e. The van der Waals surface area contributed by atoms with Gasteiger partial charge < -0.3 is 14.9 Å². The highest BCUT2D eigenvalue weighted by atomic mass is 19.2. The van der Waals surface area contributed by atoms with E-state index < -0.39 is 17.7 Å². The number of phenols is 1. The van der Waals surface area contributed by atoms with Crippen molar-refractivity contribution in [3.05, 3.63) is 59.7 Å². The second-order valence-electron chi connectivity index (χ2n) is 7.63. The number of hydrogen-bond acceptors (Lipinski definition) is 4. The quantitative estimate of drug-likeness (QED) is 0.840. The van der Waals surface area contributed by atoms with Crippen LogP contribution in [0.15, 0.2) is 42.5 Å². The number of likely N-dealkylation sites (tertiary alicyclic amines) is 1. The predicted molar refractivity (Wildman–Crippen MR) is 96.5 cm³/mol. The molecule has 0 amide bonds. The molecule has 1 heterocycles. The molecule has 4 atom stereocenters. The fraction of sp³-hybridized carbons (Fsp3) is 0.429. The van der Waals surface area contributed by atoms with Gasteiger partial charge in [0.15, 0.2) is 11.6 Å². The first-order valence-electron chi connectivity index (χ1n) is 9.29. The van der Waals surface area contributed by atoms with Gasteiger partial charge in [-0.25, -0.2) is 8.78 Å². The van der Waals surface area contributed by atoms with Crippen molar-refractivity contribution in [2.75, 3.05) is 19.6 Å². The lowest BCUT2D eigenvalue weighted by Gasteiger charge is -2.22. The average molecular weight is 375 g/mol. The van der Waals surface area contributed by atoms with Crippen molar-refractivity contribution < 1.29 is 23.7 Å². The summed E-state index contributed by atoms with van der Waals surface area (Å²) in [6.45, 7) is 2.36. The first-order chi connectivity index (χ1) is 13.0. The second kappa shape index (κ2) is 7.44. The Hall–Kier alpha value is -2.18. The topological polar surface area (TPSA) is 52.9 Å². The van der Waals surface area contributed by atoms with Crippen molar-refractivity contribution in [2.45, 2.75) is 25.0 Å². The first kappa shape index (κ1) is 18.2. The predicted octanol–water partition coefficient (Wildman–Crippen LogP) is 3.49. The number of aliphatic hydroxyl groups is 1. The van der Waals surface area contributed by atoms with Crippen LogP contribution in [0.3, 0.4) is 0 Å². The maximum Gasteiger partial charge on any atom is 0.162 e. The molecule has 4 nitrogen and oxygen atoms in total. The molecule has 1 aliphatic carbocycles. The van der Waals surface area contributed by atoms with Gasteiger partial charge in [-0.05, 0) is 54.5 Å². The van der Waals surface area contributed by atoms with Gasteiger partial charge in [0.1, 0.15) is 11.5 Å². The van der Waals surface area contributed by atoms with Gasteiger partial charge in [0.05, 0.1) is 12.2 Å². The summed E-state index contributed by atoms with van der Waals surface area (Å²) < 4.78 is 32.2. The summed E-state index contributed by atoms with van der Waals surface area (Å²) >= 11 is 0. The molecule has 2 aromatic rings. The molecule has 1 aliphatic heterocycles. The molecule has 144 valence electrons. The molecule has 2 N–H and O–H groups in total. The van der Waals surface area contributed by atoms with E-state index >= 15 is 0 Å². The van der Waals surface area contributed by atoms with Crippen LogP contribution in [0.4, 0.5) is 8.78 Å². The largest absolute Gasteiger partial charge is 0.508 e. The smallest absolute Gasteiger partial charge is 0.162 e. The third-order valence-corrected chi connectivity index (χ3v) is 5.69. The van der Waals surface area contributed by atoms with Crippen molar-refractivity contribution >= 4 is 0 Å². The van der Waals surface area contributed by atoms with Gasteiger partial charge in [-0.3, -0.25) is 4.90 Å². The third kappa shape index (κ3) is 4.06. The summed E-state index contributed by atoms with van der Waals surface area (Å²) in [5, 5.41) is 19.8. The summed E-state index contributed by atoms with van der Waals surface area (Å²) in [5.74, 6) is -0.208. The highest BCUT2D eigenvalue weighted by molar-refractivity contribution is 5.27. The van der Waals surface area contributed by atoms with Crippen molar-refractivity contribution in [2.24, 2.45) is 11.8 Å². The highest BCUT2D eigenvalue weighted by Gasteiger charge is 2.42. The molecule has 1 saturated heterocycles.